The van der Waals surface area contributed by atoms with E-state index in [1.165, 1.54) is 4.90 Å². The molecule has 0 saturated carbocycles. The zero-order chi connectivity index (χ0) is 20.3. The van der Waals surface area contributed by atoms with Crippen LogP contribution in [0.15, 0.2) is 51.8 Å². The lowest BCUT2D eigenvalue weighted by Crippen LogP contribution is -2.51. The van der Waals surface area contributed by atoms with Crippen LogP contribution in [0.2, 0.25) is 0 Å². The summed E-state index contributed by atoms with van der Waals surface area (Å²) >= 11 is 3.31. The van der Waals surface area contributed by atoms with Crippen LogP contribution in [0, 0.1) is 11.6 Å². The lowest BCUT2D eigenvalue weighted by atomic mass is 10.3. The summed E-state index contributed by atoms with van der Waals surface area (Å²) in [7, 11) is -4.18. The highest BCUT2D eigenvalue weighted by molar-refractivity contribution is 9.10. The summed E-state index contributed by atoms with van der Waals surface area (Å²) in [4.78, 5) is 13.1. The lowest BCUT2D eigenvalue weighted by molar-refractivity contribution is -0.134. The van der Waals surface area contributed by atoms with Gasteiger partial charge in [-0.25, -0.2) is 17.2 Å². The quantitative estimate of drug-likeness (QED) is 0.667. The second-order valence-corrected chi connectivity index (χ2v) is 8.93. The van der Waals surface area contributed by atoms with Gasteiger partial charge in [-0.3, -0.25) is 4.79 Å². The molecule has 28 heavy (non-hydrogen) atoms. The Morgan fingerprint density at radius 2 is 1.79 bits per heavy atom. The molecule has 1 fully saturated rings. The molecule has 1 amide bonds. The van der Waals surface area contributed by atoms with Crippen molar-refractivity contribution in [2.45, 2.75) is 4.90 Å². The third kappa shape index (κ3) is 4.68. The van der Waals surface area contributed by atoms with E-state index in [0.717, 1.165) is 20.9 Å². The Kier molecular flexibility index (Phi) is 6.31. The Bertz CT molecular complexity index is 979. The number of nitrogens with zero attached hydrogens (tertiary/aromatic N) is 2. The maximum atomic E-state index is 13.9. The predicted molar refractivity (Wildman–Crippen MR) is 101 cm³/mol. The summed E-state index contributed by atoms with van der Waals surface area (Å²) in [5.41, 5.74) is 0. The molecule has 0 N–H and O–H groups in total. The number of rotatable bonds is 5. The second-order valence-electron chi connectivity index (χ2n) is 6.11. The van der Waals surface area contributed by atoms with Crippen LogP contribution >= 0.6 is 15.9 Å². The van der Waals surface area contributed by atoms with Crippen molar-refractivity contribution in [3.8, 4) is 5.75 Å². The second kappa shape index (κ2) is 8.54. The van der Waals surface area contributed by atoms with Crippen molar-refractivity contribution in [2.24, 2.45) is 0 Å². The fourth-order valence-corrected chi connectivity index (χ4v) is 4.66. The highest BCUT2D eigenvalue weighted by atomic mass is 79.9. The van der Waals surface area contributed by atoms with Crippen LogP contribution in [-0.4, -0.2) is 56.3 Å². The van der Waals surface area contributed by atoms with Gasteiger partial charge in [-0.2, -0.15) is 4.31 Å². The van der Waals surface area contributed by atoms with Gasteiger partial charge < -0.3 is 9.64 Å². The number of benzene rings is 2. The van der Waals surface area contributed by atoms with Crippen LogP contribution in [0.4, 0.5) is 8.78 Å². The predicted octanol–water partition coefficient (Wildman–Crippen LogP) is 2.64. The molecule has 1 aliphatic rings. The standard InChI is InChI=1S/C18H17BrF2N2O4S/c19-13-2-1-3-15(10-13)27-12-18(24)22-6-8-23(9-7-22)28(25,26)17-11-14(20)4-5-16(17)21/h1-5,10-11H,6-9,12H2. The van der Waals surface area contributed by atoms with Gasteiger partial charge in [0.05, 0.1) is 0 Å². The molecule has 0 spiro atoms. The number of piperazine rings is 1. The van der Waals surface area contributed by atoms with E-state index in [0.29, 0.717) is 11.8 Å². The summed E-state index contributed by atoms with van der Waals surface area (Å²) in [6.45, 7) is 0.0667. The van der Waals surface area contributed by atoms with E-state index in [4.69, 9.17) is 4.74 Å². The molecule has 1 heterocycles. The fourth-order valence-electron chi connectivity index (χ4n) is 2.78. The maximum Gasteiger partial charge on any atom is 0.260 e. The molecule has 0 bridgehead atoms. The van der Waals surface area contributed by atoms with Crippen LogP contribution in [0.3, 0.4) is 0 Å². The first-order valence-electron chi connectivity index (χ1n) is 8.39. The van der Waals surface area contributed by atoms with Gasteiger partial charge in [0.15, 0.2) is 6.61 Å². The van der Waals surface area contributed by atoms with Gasteiger partial charge >= 0.3 is 0 Å². The zero-order valence-electron chi connectivity index (χ0n) is 14.6. The van der Waals surface area contributed by atoms with E-state index >= 15 is 0 Å². The van der Waals surface area contributed by atoms with E-state index in [1.807, 2.05) is 6.07 Å². The molecule has 10 heteroatoms. The number of ether oxygens (including phenoxy) is 1. The molecule has 0 aliphatic carbocycles. The first-order valence-corrected chi connectivity index (χ1v) is 10.6. The molecule has 1 saturated heterocycles. The van der Waals surface area contributed by atoms with E-state index in [2.05, 4.69) is 15.9 Å². The third-order valence-corrected chi connectivity index (χ3v) is 6.67. The largest absolute Gasteiger partial charge is 0.484 e. The van der Waals surface area contributed by atoms with Crippen molar-refractivity contribution in [3.63, 3.8) is 0 Å². The summed E-state index contributed by atoms with van der Waals surface area (Å²) in [6.07, 6.45) is 0. The number of halogens is 3. The van der Waals surface area contributed by atoms with Gasteiger partial charge in [-0.15, -0.1) is 0 Å². The highest BCUT2D eigenvalue weighted by Crippen LogP contribution is 2.22. The Hall–Kier alpha value is -2.04. The summed E-state index contributed by atoms with van der Waals surface area (Å²) < 4.78 is 59.6. The maximum absolute atomic E-state index is 13.9. The first-order chi connectivity index (χ1) is 13.3. The number of amides is 1. The number of carbonyl (C=O) groups excluding carboxylic acids is 1. The van der Waals surface area contributed by atoms with Crippen LogP contribution < -0.4 is 4.74 Å². The topological polar surface area (TPSA) is 66.9 Å². The first kappa shape index (κ1) is 20.7. The van der Waals surface area contributed by atoms with Crippen molar-refractivity contribution in [1.82, 2.24) is 9.21 Å². The van der Waals surface area contributed by atoms with Gasteiger partial charge in [0.25, 0.3) is 5.91 Å². The van der Waals surface area contributed by atoms with E-state index in [-0.39, 0.29) is 38.7 Å². The van der Waals surface area contributed by atoms with Crippen molar-refractivity contribution in [2.75, 3.05) is 32.8 Å². The zero-order valence-corrected chi connectivity index (χ0v) is 17.0. The molecule has 2 aromatic rings. The summed E-state index contributed by atoms with van der Waals surface area (Å²) in [6, 6.07) is 9.35. The minimum atomic E-state index is -4.18. The molecule has 0 atom stereocenters. The summed E-state index contributed by atoms with van der Waals surface area (Å²) in [5, 5.41) is 0. The van der Waals surface area contributed by atoms with Crippen molar-refractivity contribution >= 4 is 31.9 Å². The highest BCUT2D eigenvalue weighted by Gasteiger charge is 2.32. The van der Waals surface area contributed by atoms with E-state index < -0.39 is 26.6 Å². The Morgan fingerprint density at radius 3 is 2.46 bits per heavy atom. The van der Waals surface area contributed by atoms with Crippen LogP contribution in [0.5, 0.6) is 5.75 Å². The average molecular weight is 475 g/mol. The molecule has 0 unspecified atom stereocenters. The normalized spacial score (nSPS) is 15.5. The van der Waals surface area contributed by atoms with Gasteiger partial charge in [-0.1, -0.05) is 22.0 Å². The third-order valence-electron chi connectivity index (χ3n) is 4.26. The minimum absolute atomic E-state index is 0.0130. The molecule has 0 radical (unpaired) electrons. The van der Waals surface area contributed by atoms with Gasteiger partial charge in [-0.05, 0) is 36.4 Å². The number of carbonyl (C=O) groups is 1. The molecule has 3 rings (SSSR count). The molecule has 6 nitrogen and oxygen atoms in total. The number of hydrogen-bond donors (Lipinski definition) is 0. The van der Waals surface area contributed by atoms with Crippen LogP contribution in [0.1, 0.15) is 0 Å². The molecule has 2 aromatic carbocycles. The van der Waals surface area contributed by atoms with Crippen LogP contribution in [0.25, 0.3) is 0 Å². The molecule has 1 aliphatic heterocycles. The smallest absolute Gasteiger partial charge is 0.260 e. The number of sulfonamides is 1. The molecular weight excluding hydrogens is 458 g/mol. The lowest BCUT2D eigenvalue weighted by Gasteiger charge is -2.34. The van der Waals surface area contributed by atoms with Crippen molar-refractivity contribution < 1.29 is 26.7 Å². The van der Waals surface area contributed by atoms with Crippen molar-refractivity contribution in [3.05, 3.63) is 58.6 Å². The van der Waals surface area contributed by atoms with Gasteiger partial charge in [0, 0.05) is 30.7 Å². The Morgan fingerprint density at radius 1 is 1.07 bits per heavy atom. The average Bonchev–Trinajstić information content (AvgIpc) is 2.68. The van der Waals surface area contributed by atoms with E-state index in [9.17, 15) is 22.0 Å². The van der Waals surface area contributed by atoms with Gasteiger partial charge in [0.1, 0.15) is 22.3 Å². The van der Waals surface area contributed by atoms with Crippen molar-refractivity contribution in [1.29, 1.82) is 0 Å². The minimum Gasteiger partial charge on any atom is -0.484 e. The SMILES string of the molecule is O=C(COc1cccc(Br)c1)N1CCN(S(=O)(=O)c2cc(F)ccc2F)CC1. The Labute approximate surface area is 169 Å². The Balaban J connectivity index is 1.59. The van der Waals surface area contributed by atoms with E-state index in [1.54, 1.807) is 18.2 Å². The van der Waals surface area contributed by atoms with Crippen LogP contribution in [-0.2, 0) is 14.8 Å². The molecule has 150 valence electrons. The fraction of sp³-hybridized carbons (Fsp3) is 0.278. The molecule has 0 aromatic heterocycles. The number of hydrogen-bond acceptors (Lipinski definition) is 4. The van der Waals surface area contributed by atoms with Gasteiger partial charge in [0.2, 0.25) is 10.0 Å². The monoisotopic (exact) mass is 474 g/mol. The summed E-state index contributed by atoms with van der Waals surface area (Å²) in [5.74, 6) is -1.60. The molecular formula is C18H17BrF2N2O4S.